The third-order valence-electron chi connectivity index (χ3n) is 3.94. The van der Waals surface area contributed by atoms with E-state index in [0.717, 1.165) is 43.3 Å². The van der Waals surface area contributed by atoms with E-state index in [1.165, 1.54) is 18.4 Å². The lowest BCUT2D eigenvalue weighted by Crippen LogP contribution is -2.29. The minimum Gasteiger partial charge on any atom is -0.339 e. The molecular weight excluding hydrogens is 250 g/mol. The van der Waals surface area contributed by atoms with Crippen LogP contribution in [-0.2, 0) is 6.42 Å². The molecular formula is C16H21N3O. The van der Waals surface area contributed by atoms with E-state index < -0.39 is 0 Å². The summed E-state index contributed by atoms with van der Waals surface area (Å²) in [5.74, 6) is 2.20. The minimum atomic E-state index is 0.696. The molecule has 1 aliphatic heterocycles. The van der Waals surface area contributed by atoms with Gasteiger partial charge in [0.25, 0.3) is 0 Å². The molecule has 4 nitrogen and oxygen atoms in total. The molecule has 3 rings (SSSR count). The SMILES string of the molecule is Cc1ccc(-c2noc(CCC3CCCNC3)n2)cc1. The van der Waals surface area contributed by atoms with E-state index >= 15 is 0 Å². The molecule has 1 fully saturated rings. The summed E-state index contributed by atoms with van der Waals surface area (Å²) in [7, 11) is 0. The van der Waals surface area contributed by atoms with Crippen molar-refractivity contribution in [3.63, 3.8) is 0 Å². The number of rotatable bonds is 4. The average Bonchev–Trinajstić information content (AvgIpc) is 2.96. The summed E-state index contributed by atoms with van der Waals surface area (Å²) in [6, 6.07) is 8.21. The van der Waals surface area contributed by atoms with Crippen molar-refractivity contribution >= 4 is 0 Å². The fraction of sp³-hybridized carbons (Fsp3) is 0.500. The van der Waals surface area contributed by atoms with Crippen molar-refractivity contribution in [2.24, 2.45) is 5.92 Å². The molecule has 106 valence electrons. The van der Waals surface area contributed by atoms with Crippen LogP contribution in [0, 0.1) is 12.8 Å². The number of benzene rings is 1. The largest absolute Gasteiger partial charge is 0.339 e. The van der Waals surface area contributed by atoms with Crippen LogP contribution in [0.4, 0.5) is 0 Å². The third kappa shape index (κ3) is 3.25. The highest BCUT2D eigenvalue weighted by Crippen LogP contribution is 2.19. The molecule has 2 heterocycles. The predicted octanol–water partition coefficient (Wildman–Crippen LogP) is 2.98. The molecule has 0 spiro atoms. The van der Waals surface area contributed by atoms with Crippen LogP contribution in [0.3, 0.4) is 0 Å². The molecule has 1 aromatic heterocycles. The van der Waals surface area contributed by atoms with Crippen molar-refractivity contribution in [2.45, 2.75) is 32.6 Å². The fourth-order valence-corrected chi connectivity index (χ4v) is 2.67. The van der Waals surface area contributed by atoms with Gasteiger partial charge in [-0.05, 0) is 45.2 Å². The third-order valence-corrected chi connectivity index (χ3v) is 3.94. The van der Waals surface area contributed by atoms with E-state index in [0.29, 0.717) is 5.82 Å². The number of piperidine rings is 1. The molecule has 1 N–H and O–H groups in total. The average molecular weight is 271 g/mol. The zero-order valence-electron chi connectivity index (χ0n) is 11.9. The zero-order valence-corrected chi connectivity index (χ0v) is 11.9. The maximum atomic E-state index is 5.36. The van der Waals surface area contributed by atoms with Gasteiger partial charge in [0.15, 0.2) is 0 Å². The highest BCUT2D eigenvalue weighted by atomic mass is 16.5. The van der Waals surface area contributed by atoms with Crippen LogP contribution in [0.5, 0.6) is 0 Å². The van der Waals surface area contributed by atoms with Gasteiger partial charge in [-0.1, -0.05) is 35.0 Å². The number of hydrogen-bond donors (Lipinski definition) is 1. The first-order valence-electron chi connectivity index (χ1n) is 7.41. The van der Waals surface area contributed by atoms with Gasteiger partial charge in [-0.15, -0.1) is 0 Å². The normalized spacial score (nSPS) is 19.1. The Bertz CT molecular complexity index is 541. The van der Waals surface area contributed by atoms with Gasteiger partial charge >= 0.3 is 0 Å². The molecule has 1 atom stereocenters. The van der Waals surface area contributed by atoms with Crippen LogP contribution < -0.4 is 5.32 Å². The topological polar surface area (TPSA) is 51.0 Å². The Morgan fingerprint density at radius 1 is 1.30 bits per heavy atom. The second kappa shape index (κ2) is 6.18. The lowest BCUT2D eigenvalue weighted by atomic mass is 9.95. The smallest absolute Gasteiger partial charge is 0.226 e. The summed E-state index contributed by atoms with van der Waals surface area (Å²) in [5.41, 5.74) is 2.26. The molecule has 0 amide bonds. The first kappa shape index (κ1) is 13.3. The number of aryl methyl sites for hydroxylation is 2. The van der Waals surface area contributed by atoms with E-state index in [2.05, 4.69) is 34.5 Å². The standard InChI is InChI=1S/C16H21N3O/c1-12-4-7-14(8-5-12)16-18-15(20-19-16)9-6-13-3-2-10-17-11-13/h4-5,7-8,13,17H,2-3,6,9-11H2,1H3. The molecule has 0 bridgehead atoms. The lowest BCUT2D eigenvalue weighted by molar-refractivity contribution is 0.327. The zero-order chi connectivity index (χ0) is 13.8. The molecule has 0 radical (unpaired) electrons. The second-order valence-corrected chi connectivity index (χ2v) is 5.63. The molecule has 2 aromatic rings. The summed E-state index contributed by atoms with van der Waals surface area (Å²) < 4.78 is 5.36. The fourth-order valence-electron chi connectivity index (χ4n) is 2.67. The molecule has 1 aliphatic rings. The summed E-state index contributed by atoms with van der Waals surface area (Å²) in [6.07, 6.45) is 4.60. The van der Waals surface area contributed by atoms with Crippen LogP contribution in [0.1, 0.15) is 30.7 Å². The Balaban J connectivity index is 1.60. The monoisotopic (exact) mass is 271 g/mol. The molecule has 20 heavy (non-hydrogen) atoms. The van der Waals surface area contributed by atoms with Crippen molar-refractivity contribution in [3.05, 3.63) is 35.7 Å². The highest BCUT2D eigenvalue weighted by molar-refractivity contribution is 5.54. The van der Waals surface area contributed by atoms with E-state index in [1.807, 2.05) is 12.1 Å². The molecule has 1 saturated heterocycles. The Morgan fingerprint density at radius 3 is 2.90 bits per heavy atom. The molecule has 0 aliphatic carbocycles. The lowest BCUT2D eigenvalue weighted by Gasteiger charge is -2.21. The van der Waals surface area contributed by atoms with Gasteiger partial charge in [0.1, 0.15) is 0 Å². The molecule has 1 aromatic carbocycles. The summed E-state index contributed by atoms with van der Waals surface area (Å²) >= 11 is 0. The second-order valence-electron chi connectivity index (χ2n) is 5.63. The van der Waals surface area contributed by atoms with Gasteiger partial charge in [-0.3, -0.25) is 0 Å². The maximum absolute atomic E-state index is 5.36. The summed E-state index contributed by atoms with van der Waals surface area (Å²) in [4.78, 5) is 4.50. The Labute approximate surface area is 119 Å². The van der Waals surface area contributed by atoms with E-state index in [4.69, 9.17) is 4.52 Å². The number of nitrogens with one attached hydrogen (secondary N) is 1. The van der Waals surface area contributed by atoms with Crippen molar-refractivity contribution in [1.29, 1.82) is 0 Å². The predicted molar refractivity (Wildman–Crippen MR) is 78.4 cm³/mol. The summed E-state index contributed by atoms with van der Waals surface area (Å²) in [5, 5.41) is 7.52. The number of hydrogen-bond acceptors (Lipinski definition) is 4. The maximum Gasteiger partial charge on any atom is 0.226 e. The van der Waals surface area contributed by atoms with E-state index in [-0.39, 0.29) is 0 Å². The van der Waals surface area contributed by atoms with Crippen LogP contribution in [0.25, 0.3) is 11.4 Å². The van der Waals surface area contributed by atoms with Crippen LogP contribution in [-0.4, -0.2) is 23.2 Å². The number of nitrogens with zero attached hydrogens (tertiary/aromatic N) is 2. The Kier molecular flexibility index (Phi) is 4.11. The molecule has 4 heteroatoms. The van der Waals surface area contributed by atoms with Crippen LogP contribution >= 0.6 is 0 Å². The minimum absolute atomic E-state index is 0.696. The van der Waals surface area contributed by atoms with Gasteiger partial charge < -0.3 is 9.84 Å². The molecule has 1 unspecified atom stereocenters. The van der Waals surface area contributed by atoms with Crippen LogP contribution in [0.2, 0.25) is 0 Å². The quantitative estimate of drug-likeness (QED) is 0.928. The van der Waals surface area contributed by atoms with Gasteiger partial charge in [-0.2, -0.15) is 4.98 Å². The van der Waals surface area contributed by atoms with Crippen LogP contribution in [0.15, 0.2) is 28.8 Å². The van der Waals surface area contributed by atoms with Gasteiger partial charge in [0.2, 0.25) is 11.7 Å². The first-order chi connectivity index (χ1) is 9.81. The first-order valence-corrected chi connectivity index (χ1v) is 7.41. The Hall–Kier alpha value is -1.68. The molecule has 0 saturated carbocycles. The summed E-state index contributed by atoms with van der Waals surface area (Å²) in [6.45, 7) is 4.36. The van der Waals surface area contributed by atoms with Crippen molar-refractivity contribution in [3.8, 4) is 11.4 Å². The van der Waals surface area contributed by atoms with E-state index in [1.54, 1.807) is 0 Å². The van der Waals surface area contributed by atoms with Gasteiger partial charge in [0.05, 0.1) is 0 Å². The van der Waals surface area contributed by atoms with Crippen molar-refractivity contribution in [2.75, 3.05) is 13.1 Å². The van der Waals surface area contributed by atoms with Gasteiger partial charge in [0, 0.05) is 12.0 Å². The van der Waals surface area contributed by atoms with Gasteiger partial charge in [-0.25, -0.2) is 0 Å². The van der Waals surface area contributed by atoms with Crippen molar-refractivity contribution < 1.29 is 4.52 Å². The van der Waals surface area contributed by atoms with E-state index in [9.17, 15) is 0 Å². The highest BCUT2D eigenvalue weighted by Gasteiger charge is 2.15. The number of aromatic nitrogens is 2. The van der Waals surface area contributed by atoms with Crippen molar-refractivity contribution in [1.82, 2.24) is 15.5 Å². The Morgan fingerprint density at radius 2 is 2.15 bits per heavy atom.